The largest absolute Gasteiger partial charge is 0.465 e. The van der Waals surface area contributed by atoms with Gasteiger partial charge in [0.05, 0.1) is 18.1 Å². The minimum atomic E-state index is -0.342. The molecule has 4 fully saturated rings. The molecule has 0 heterocycles. The van der Waals surface area contributed by atoms with Gasteiger partial charge in [-0.2, -0.15) is 0 Å². The molecule has 0 aromatic heterocycles. The summed E-state index contributed by atoms with van der Waals surface area (Å²) in [6.07, 6.45) is 13.2. The van der Waals surface area contributed by atoms with Crippen molar-refractivity contribution in [1.82, 2.24) is 0 Å². The molecule has 0 amide bonds. The number of halogens is 1. The number of ether oxygens (including phenoxy) is 1. The lowest BCUT2D eigenvalue weighted by Gasteiger charge is -2.71. The molecule has 37 heavy (non-hydrogen) atoms. The second-order valence-corrected chi connectivity index (χ2v) is 16.2. The number of fused-ring (bicyclic) bond motifs is 7. The summed E-state index contributed by atoms with van der Waals surface area (Å²) in [6.45, 7) is 17.8. The fourth-order valence-electron chi connectivity index (χ4n) is 11.2. The first kappa shape index (κ1) is 28.2. The number of rotatable bonds is 4. The lowest BCUT2D eigenvalue weighted by molar-refractivity contribution is -0.207. The Labute approximate surface area is 235 Å². The fraction of sp³-hybridized carbons (Fsp3) is 0.909. The van der Waals surface area contributed by atoms with Gasteiger partial charge in [0.2, 0.25) is 0 Å². The van der Waals surface area contributed by atoms with Crippen molar-refractivity contribution in [3.8, 4) is 0 Å². The van der Waals surface area contributed by atoms with Crippen LogP contribution in [0.2, 0.25) is 0 Å². The van der Waals surface area contributed by atoms with Crippen LogP contribution in [0.1, 0.15) is 113 Å². The van der Waals surface area contributed by atoms with E-state index in [0.717, 1.165) is 56.7 Å². The average molecular weight is 578 g/mol. The summed E-state index contributed by atoms with van der Waals surface area (Å²) < 4.78 is 6.01. The SMILES string of the molecule is C[C@@H]1CC[C@]2(C(=O)OCCCBr)CC[C@]3(C)C(=CCC4[C@@]5(C)CC[C@H](O)C(C)(C)C5CC[C@]43C)C2[C@H]1C. The van der Waals surface area contributed by atoms with E-state index in [-0.39, 0.29) is 39.1 Å². The third-order valence-electron chi connectivity index (χ3n) is 13.9. The molecule has 0 radical (unpaired) electrons. The van der Waals surface area contributed by atoms with Crippen molar-refractivity contribution in [1.29, 1.82) is 0 Å². The van der Waals surface area contributed by atoms with Gasteiger partial charge in [-0.3, -0.25) is 4.79 Å². The minimum Gasteiger partial charge on any atom is -0.465 e. The van der Waals surface area contributed by atoms with Gasteiger partial charge < -0.3 is 9.84 Å². The van der Waals surface area contributed by atoms with Crippen molar-refractivity contribution in [2.24, 2.45) is 56.7 Å². The molecule has 0 aromatic carbocycles. The summed E-state index contributed by atoms with van der Waals surface area (Å²) >= 11 is 3.50. The van der Waals surface area contributed by atoms with Gasteiger partial charge in [0, 0.05) is 5.33 Å². The zero-order valence-corrected chi connectivity index (χ0v) is 26.3. The fourth-order valence-corrected chi connectivity index (χ4v) is 11.4. The van der Waals surface area contributed by atoms with Crippen molar-refractivity contribution in [3.05, 3.63) is 11.6 Å². The van der Waals surface area contributed by atoms with Crippen LogP contribution in [-0.4, -0.2) is 29.1 Å². The molecule has 0 spiro atoms. The van der Waals surface area contributed by atoms with Gasteiger partial charge in [-0.25, -0.2) is 0 Å². The molecule has 4 saturated carbocycles. The molecule has 0 aromatic rings. The predicted octanol–water partition coefficient (Wildman–Crippen LogP) is 8.33. The zero-order valence-electron chi connectivity index (χ0n) is 24.7. The molecule has 10 atom stereocenters. The quantitative estimate of drug-likeness (QED) is 0.158. The van der Waals surface area contributed by atoms with Gasteiger partial charge in [-0.15, -0.1) is 0 Å². The van der Waals surface area contributed by atoms with E-state index < -0.39 is 0 Å². The predicted molar refractivity (Wildman–Crippen MR) is 154 cm³/mol. The molecule has 5 rings (SSSR count). The Kier molecular flexibility index (Phi) is 7.13. The van der Waals surface area contributed by atoms with Crippen molar-refractivity contribution in [2.75, 3.05) is 11.9 Å². The van der Waals surface area contributed by atoms with Gasteiger partial charge in [-0.05, 0) is 115 Å². The third kappa shape index (κ3) is 3.76. The maximum Gasteiger partial charge on any atom is 0.312 e. The summed E-state index contributed by atoms with van der Waals surface area (Å²) in [6, 6.07) is 0. The molecule has 3 unspecified atom stereocenters. The average Bonchev–Trinajstić information content (AvgIpc) is 2.84. The Bertz CT molecular complexity index is 942. The smallest absolute Gasteiger partial charge is 0.312 e. The zero-order chi connectivity index (χ0) is 27.0. The Balaban J connectivity index is 1.56. The molecular formula is C33H53BrO3. The Hall–Kier alpha value is -0.350. The van der Waals surface area contributed by atoms with Crippen LogP contribution in [0.25, 0.3) is 0 Å². The number of aliphatic hydroxyl groups is 1. The van der Waals surface area contributed by atoms with Gasteiger partial charge >= 0.3 is 5.97 Å². The number of allylic oxidation sites excluding steroid dienone is 2. The van der Waals surface area contributed by atoms with E-state index >= 15 is 0 Å². The molecule has 5 aliphatic rings. The van der Waals surface area contributed by atoms with Crippen LogP contribution in [0.3, 0.4) is 0 Å². The molecule has 0 saturated heterocycles. The van der Waals surface area contributed by atoms with Crippen molar-refractivity contribution in [2.45, 2.75) is 119 Å². The number of aliphatic hydroxyl groups excluding tert-OH is 1. The highest BCUT2D eigenvalue weighted by molar-refractivity contribution is 9.09. The normalized spacial score (nSPS) is 50.6. The lowest BCUT2D eigenvalue weighted by Crippen LogP contribution is -2.65. The maximum atomic E-state index is 13.9. The van der Waals surface area contributed by atoms with Crippen molar-refractivity contribution in [3.63, 3.8) is 0 Å². The van der Waals surface area contributed by atoms with E-state index in [1.54, 1.807) is 5.57 Å². The second kappa shape index (κ2) is 9.35. The first-order valence-corrected chi connectivity index (χ1v) is 16.5. The Morgan fingerprint density at radius 3 is 2.43 bits per heavy atom. The molecular weight excluding hydrogens is 524 g/mol. The van der Waals surface area contributed by atoms with Gasteiger partial charge in [0.25, 0.3) is 0 Å². The lowest BCUT2D eigenvalue weighted by atomic mass is 9.33. The summed E-state index contributed by atoms with van der Waals surface area (Å²) in [7, 11) is 0. The summed E-state index contributed by atoms with van der Waals surface area (Å²) in [5.74, 6) is 2.73. The van der Waals surface area contributed by atoms with Crippen LogP contribution in [-0.2, 0) is 9.53 Å². The van der Waals surface area contributed by atoms with Gasteiger partial charge in [0.15, 0.2) is 0 Å². The highest BCUT2D eigenvalue weighted by Gasteiger charge is 2.69. The number of hydrogen-bond acceptors (Lipinski definition) is 3. The Morgan fingerprint density at radius 1 is 1.00 bits per heavy atom. The van der Waals surface area contributed by atoms with E-state index in [1.807, 2.05) is 0 Å². The summed E-state index contributed by atoms with van der Waals surface area (Å²) in [5, 5.41) is 11.8. The van der Waals surface area contributed by atoms with Crippen LogP contribution < -0.4 is 0 Å². The molecule has 0 bridgehead atoms. The summed E-state index contributed by atoms with van der Waals surface area (Å²) in [5.41, 5.74) is 1.87. The van der Waals surface area contributed by atoms with Gasteiger partial charge in [-0.1, -0.05) is 76.0 Å². The number of carbonyl (C=O) groups excluding carboxylic acids is 1. The minimum absolute atomic E-state index is 0.0207. The van der Waals surface area contributed by atoms with E-state index in [0.29, 0.717) is 36.2 Å². The Morgan fingerprint density at radius 2 is 1.73 bits per heavy atom. The van der Waals surface area contributed by atoms with Gasteiger partial charge in [0.1, 0.15) is 0 Å². The van der Waals surface area contributed by atoms with E-state index in [1.165, 1.54) is 12.8 Å². The number of carbonyl (C=O) groups is 1. The number of esters is 1. The molecule has 210 valence electrons. The maximum absolute atomic E-state index is 13.9. The van der Waals surface area contributed by atoms with Crippen LogP contribution in [0, 0.1) is 56.7 Å². The van der Waals surface area contributed by atoms with Crippen LogP contribution in [0.4, 0.5) is 0 Å². The monoisotopic (exact) mass is 576 g/mol. The molecule has 4 heteroatoms. The van der Waals surface area contributed by atoms with E-state index in [4.69, 9.17) is 4.74 Å². The number of alkyl halides is 1. The van der Waals surface area contributed by atoms with E-state index in [2.05, 4.69) is 70.5 Å². The summed E-state index contributed by atoms with van der Waals surface area (Å²) in [4.78, 5) is 13.9. The molecule has 1 N–H and O–H groups in total. The first-order chi connectivity index (χ1) is 17.3. The standard InChI is InChI=1S/C33H53BrO3/c1-21-11-16-33(28(36)37-20-8-19-34)18-17-31(6)23(27(33)22(21)2)9-10-25-30(5)14-13-26(35)29(3,4)24(30)12-15-32(25,31)7/h9,21-22,24-27,35H,8,10-20H2,1-7H3/t21-,22+,24?,25?,26+,27?,30+,31-,32-,33+/m1/s1. The number of hydrogen-bond donors (Lipinski definition) is 1. The molecule has 0 aliphatic heterocycles. The first-order valence-electron chi connectivity index (χ1n) is 15.4. The van der Waals surface area contributed by atoms with E-state index in [9.17, 15) is 9.90 Å². The molecule has 5 aliphatic carbocycles. The van der Waals surface area contributed by atoms with Crippen molar-refractivity contribution < 1.29 is 14.6 Å². The third-order valence-corrected chi connectivity index (χ3v) is 14.4. The molecule has 3 nitrogen and oxygen atoms in total. The topological polar surface area (TPSA) is 46.5 Å². The highest BCUT2D eigenvalue weighted by Crippen LogP contribution is 2.75. The second-order valence-electron chi connectivity index (χ2n) is 15.4. The highest BCUT2D eigenvalue weighted by atomic mass is 79.9. The van der Waals surface area contributed by atoms with Crippen LogP contribution in [0.5, 0.6) is 0 Å². The van der Waals surface area contributed by atoms with Crippen LogP contribution in [0.15, 0.2) is 11.6 Å². The van der Waals surface area contributed by atoms with Crippen molar-refractivity contribution >= 4 is 21.9 Å². The van der Waals surface area contributed by atoms with Crippen LogP contribution >= 0.6 is 15.9 Å².